The fourth-order valence-corrected chi connectivity index (χ4v) is 8.06. The molecule has 3 aromatic carbocycles. The smallest absolute Gasteiger partial charge is 0.129 e. The van der Waals surface area contributed by atoms with Gasteiger partial charge in [0.2, 0.25) is 0 Å². The van der Waals surface area contributed by atoms with Crippen LogP contribution in [-0.4, -0.2) is 0 Å². The van der Waals surface area contributed by atoms with Gasteiger partial charge in [0.05, 0.1) is 0 Å². The molecule has 0 spiro atoms. The summed E-state index contributed by atoms with van der Waals surface area (Å²) in [5.41, 5.74) is 8.59. The number of hydrogen-bond donors (Lipinski definition) is 0. The summed E-state index contributed by atoms with van der Waals surface area (Å²) < 4.78 is 0. The van der Waals surface area contributed by atoms with Gasteiger partial charge in [0.25, 0.3) is 0 Å². The van der Waals surface area contributed by atoms with Gasteiger partial charge >= 0.3 is 37.7 Å². The summed E-state index contributed by atoms with van der Waals surface area (Å²) in [7, 11) is 0. The zero-order valence-electron chi connectivity index (χ0n) is 38.5. The van der Waals surface area contributed by atoms with Gasteiger partial charge in [-0.25, -0.2) is 0 Å². The Balaban J connectivity index is 0.00000784. The monoisotopic (exact) mass is 747 g/mol. The molecule has 0 aliphatic carbocycles. The molecule has 0 N–H and O–H groups in total. The van der Waals surface area contributed by atoms with E-state index in [0.29, 0.717) is 11.8 Å². The first-order chi connectivity index (χ1) is 26.5. The van der Waals surface area contributed by atoms with Gasteiger partial charge in [-0.05, 0) is 37.5 Å². The zero-order chi connectivity index (χ0) is 38.6. The topological polar surface area (TPSA) is 0 Å². The van der Waals surface area contributed by atoms with Crippen molar-refractivity contribution in [1.82, 2.24) is 0 Å². The van der Waals surface area contributed by atoms with Crippen LogP contribution < -0.4 is 37.7 Å². The van der Waals surface area contributed by atoms with Crippen LogP contribution in [0, 0.1) is 23.7 Å². The molecule has 2 atom stereocenters. The van der Waals surface area contributed by atoms with E-state index in [1.165, 1.54) is 199 Å². The van der Waals surface area contributed by atoms with E-state index < -0.39 is 0 Å². The van der Waals surface area contributed by atoms with Gasteiger partial charge in [0.15, 0.2) is 0 Å². The molecule has 56 heavy (non-hydrogen) atoms. The van der Waals surface area contributed by atoms with Crippen LogP contribution in [-0.2, 0) is 12.8 Å². The molecule has 0 aliphatic rings. The van der Waals surface area contributed by atoms with Crippen LogP contribution in [0.2, 0.25) is 0 Å². The van der Waals surface area contributed by atoms with E-state index in [1.54, 1.807) is 0 Å². The molecule has 3 rings (SSSR count). The first-order valence-electron chi connectivity index (χ1n) is 23.5. The predicted octanol–water partition coefficient (Wildman–Crippen LogP) is 11.4. The van der Waals surface area contributed by atoms with Crippen LogP contribution in [0.15, 0.2) is 72.8 Å². The number of benzene rings is 3. The molecule has 0 aliphatic heterocycles. The summed E-state index contributed by atoms with van der Waals surface area (Å²) in [6.07, 6.45) is 35.0. The average molecular weight is 747 g/mol. The Kier molecular flexibility index (Phi) is 31.4. The standard InChI is InChI=1S/C54H84.2Li/c1-7-11-13-15-17-19-21-23-25-27-30-47-34-38-49(39-35-47)53(42-45(5)9-3)51-32-29-33-52(44-51)54(43-46(6)10-4)50-40-36-48(37-41-50)31-28-26-24-22-20-18-16-14-12-8-2;;/h29,32-41,44-46H,7-28,30-31,42-43H2,1-6H3;;/q-2;2*+1. The normalized spacial score (nSPS) is 12.1. The van der Waals surface area contributed by atoms with Crippen LogP contribution in [0.4, 0.5) is 0 Å². The summed E-state index contributed by atoms with van der Waals surface area (Å²) in [5.74, 6) is 4.32. The second kappa shape index (κ2) is 33.4. The maximum atomic E-state index is 2.52. The molecule has 302 valence electrons. The molecule has 0 aromatic heterocycles. The second-order valence-corrected chi connectivity index (χ2v) is 17.2. The molecule has 0 heterocycles. The third-order valence-electron chi connectivity index (χ3n) is 12.3. The Morgan fingerprint density at radius 2 is 0.679 bits per heavy atom. The van der Waals surface area contributed by atoms with Gasteiger partial charge in [0.1, 0.15) is 0 Å². The minimum atomic E-state index is 0. The summed E-state index contributed by atoms with van der Waals surface area (Å²) in [4.78, 5) is 0. The van der Waals surface area contributed by atoms with E-state index >= 15 is 0 Å². The van der Waals surface area contributed by atoms with Crippen molar-refractivity contribution in [2.24, 2.45) is 11.8 Å². The molecule has 2 heteroatoms. The minimum absolute atomic E-state index is 0. The molecule has 3 aromatic rings. The van der Waals surface area contributed by atoms with Crippen molar-refractivity contribution < 1.29 is 37.7 Å². The Morgan fingerprint density at radius 1 is 0.375 bits per heavy atom. The van der Waals surface area contributed by atoms with E-state index in [4.69, 9.17) is 0 Å². The van der Waals surface area contributed by atoms with Crippen LogP contribution >= 0.6 is 0 Å². The fraction of sp³-hybridized carbons (Fsp3) is 0.630. The van der Waals surface area contributed by atoms with Crippen molar-refractivity contribution in [3.05, 3.63) is 118 Å². The molecular weight excluding hydrogens is 662 g/mol. The quantitative estimate of drug-likeness (QED) is 0.0339. The van der Waals surface area contributed by atoms with Gasteiger partial charge in [-0.15, -0.1) is 82.6 Å². The molecule has 0 fully saturated rings. The third kappa shape index (κ3) is 21.6. The molecule has 0 amide bonds. The predicted molar refractivity (Wildman–Crippen MR) is 241 cm³/mol. The van der Waals surface area contributed by atoms with Crippen LogP contribution in [0.3, 0.4) is 0 Å². The minimum Gasteiger partial charge on any atom is -0.129 e. The van der Waals surface area contributed by atoms with Crippen molar-refractivity contribution in [1.29, 1.82) is 0 Å². The maximum Gasteiger partial charge on any atom is 1.00 e. The average Bonchev–Trinajstić information content (AvgIpc) is 3.20. The molecular formula is C54H84Li2. The first kappa shape index (κ1) is 52.6. The number of rotatable bonds is 32. The first-order valence-corrected chi connectivity index (χ1v) is 23.5. The van der Waals surface area contributed by atoms with Gasteiger partial charge in [-0.1, -0.05) is 218 Å². The molecule has 0 bridgehead atoms. The Labute approximate surface area is 373 Å². The Bertz CT molecular complexity index is 1210. The SMILES string of the molecule is CCCCCCCCCCCCc1ccc([C-](CC(C)CC)c2cccc([C-](CC(C)CC)c3ccc(CCCCCCCCCCCC)cc3)c2)cc1.[Li+].[Li+]. The Hall–Kier alpha value is -1.41. The van der Waals surface area contributed by atoms with Gasteiger partial charge in [-0.3, -0.25) is 0 Å². The zero-order valence-corrected chi connectivity index (χ0v) is 38.5. The van der Waals surface area contributed by atoms with Crippen molar-refractivity contribution in [3.63, 3.8) is 0 Å². The van der Waals surface area contributed by atoms with Crippen molar-refractivity contribution >= 4 is 0 Å². The van der Waals surface area contributed by atoms with E-state index in [1.807, 2.05) is 0 Å². The van der Waals surface area contributed by atoms with Crippen LogP contribution in [0.25, 0.3) is 0 Å². The number of aryl methyl sites for hydroxylation is 2. The van der Waals surface area contributed by atoms with E-state index in [-0.39, 0.29) is 37.7 Å². The van der Waals surface area contributed by atoms with Gasteiger partial charge in [0, 0.05) is 0 Å². The number of unbranched alkanes of at least 4 members (excludes halogenated alkanes) is 18. The molecule has 2 unspecified atom stereocenters. The third-order valence-corrected chi connectivity index (χ3v) is 12.3. The second-order valence-electron chi connectivity index (χ2n) is 17.2. The molecule has 0 saturated heterocycles. The Morgan fingerprint density at radius 3 is 0.982 bits per heavy atom. The summed E-state index contributed by atoms with van der Waals surface area (Å²) in [6, 6.07) is 28.9. The van der Waals surface area contributed by atoms with E-state index in [9.17, 15) is 0 Å². The summed E-state index contributed by atoms with van der Waals surface area (Å²) in [5, 5.41) is 0. The van der Waals surface area contributed by atoms with Gasteiger partial charge in [-0.2, -0.15) is 0 Å². The van der Waals surface area contributed by atoms with Crippen molar-refractivity contribution in [2.75, 3.05) is 0 Å². The molecule has 0 nitrogen and oxygen atoms in total. The molecule has 0 saturated carbocycles. The maximum absolute atomic E-state index is 2.52. The van der Waals surface area contributed by atoms with E-state index in [2.05, 4.69) is 114 Å². The largest absolute Gasteiger partial charge is 1.00 e. The van der Waals surface area contributed by atoms with Crippen LogP contribution in [0.1, 0.15) is 229 Å². The summed E-state index contributed by atoms with van der Waals surface area (Å²) >= 11 is 0. The summed E-state index contributed by atoms with van der Waals surface area (Å²) in [6.45, 7) is 14.1. The number of hydrogen-bond acceptors (Lipinski definition) is 0. The van der Waals surface area contributed by atoms with Crippen molar-refractivity contribution in [2.45, 2.75) is 208 Å². The van der Waals surface area contributed by atoms with E-state index in [0.717, 1.165) is 12.8 Å². The van der Waals surface area contributed by atoms with Crippen molar-refractivity contribution in [3.8, 4) is 0 Å². The van der Waals surface area contributed by atoms with Gasteiger partial charge < -0.3 is 0 Å². The fourth-order valence-electron chi connectivity index (χ4n) is 8.06. The molecule has 0 radical (unpaired) electrons. The van der Waals surface area contributed by atoms with Crippen LogP contribution in [0.5, 0.6) is 0 Å².